The first-order valence-corrected chi connectivity index (χ1v) is 7.99. The lowest BCUT2D eigenvalue weighted by Gasteiger charge is -2.35. The van der Waals surface area contributed by atoms with E-state index in [1.54, 1.807) is 18.4 Å². The predicted octanol–water partition coefficient (Wildman–Crippen LogP) is 2.89. The Morgan fingerprint density at radius 2 is 2.10 bits per heavy atom. The number of rotatable bonds is 4. The fourth-order valence-electron chi connectivity index (χ4n) is 2.77. The Bertz CT molecular complexity index is 582. The molecule has 2 aromatic rings. The Balaban J connectivity index is 1.98. The van der Waals surface area contributed by atoms with Gasteiger partial charge >= 0.3 is 0 Å². The van der Waals surface area contributed by atoms with Crippen molar-refractivity contribution in [2.45, 2.75) is 6.04 Å². The molecule has 112 valence electrons. The lowest BCUT2D eigenvalue weighted by molar-refractivity contribution is 0.197. The highest BCUT2D eigenvalue weighted by Crippen LogP contribution is 2.34. The monoisotopic (exact) mass is 306 g/mol. The molecule has 0 aliphatic carbocycles. The summed E-state index contributed by atoms with van der Waals surface area (Å²) in [5.41, 5.74) is 0.722. The van der Waals surface area contributed by atoms with Gasteiger partial charge in [0.15, 0.2) is 0 Å². The average Bonchev–Trinajstić information content (AvgIpc) is 3.04. The van der Waals surface area contributed by atoms with Crippen LogP contribution in [0.1, 0.15) is 16.5 Å². The zero-order chi connectivity index (χ0) is 14.7. The maximum Gasteiger partial charge on any atom is 0.132 e. The minimum absolute atomic E-state index is 0.0157. The third-order valence-electron chi connectivity index (χ3n) is 3.83. The fourth-order valence-corrected chi connectivity index (χ4v) is 3.65. The molecule has 21 heavy (non-hydrogen) atoms. The number of methoxy groups -OCH3 is 1. The first-order valence-electron chi connectivity index (χ1n) is 7.11. The van der Waals surface area contributed by atoms with E-state index >= 15 is 0 Å². The molecule has 1 aliphatic heterocycles. The molecule has 3 nitrogen and oxygen atoms in total. The van der Waals surface area contributed by atoms with Gasteiger partial charge in [-0.25, -0.2) is 4.39 Å². The van der Waals surface area contributed by atoms with Crippen LogP contribution in [0, 0.1) is 5.82 Å². The van der Waals surface area contributed by atoms with E-state index in [4.69, 9.17) is 4.74 Å². The zero-order valence-electron chi connectivity index (χ0n) is 12.0. The molecule has 0 saturated carbocycles. The molecule has 0 amide bonds. The van der Waals surface area contributed by atoms with Crippen LogP contribution in [0.4, 0.5) is 4.39 Å². The van der Waals surface area contributed by atoms with Gasteiger partial charge in [-0.3, -0.25) is 4.90 Å². The van der Waals surface area contributed by atoms with Crippen LogP contribution < -0.4 is 10.1 Å². The third kappa shape index (κ3) is 3.10. The second kappa shape index (κ2) is 6.56. The van der Waals surface area contributed by atoms with E-state index in [2.05, 4.69) is 16.3 Å². The molecule has 1 fully saturated rings. The van der Waals surface area contributed by atoms with Crippen molar-refractivity contribution in [2.75, 3.05) is 33.3 Å². The summed E-state index contributed by atoms with van der Waals surface area (Å²) in [6, 6.07) is 9.25. The zero-order valence-corrected chi connectivity index (χ0v) is 12.8. The van der Waals surface area contributed by atoms with Crippen molar-refractivity contribution in [2.24, 2.45) is 0 Å². The van der Waals surface area contributed by atoms with E-state index in [-0.39, 0.29) is 11.9 Å². The highest BCUT2D eigenvalue weighted by Gasteiger charge is 2.27. The number of nitrogens with one attached hydrogen (secondary N) is 1. The highest BCUT2D eigenvalue weighted by atomic mass is 32.1. The van der Waals surface area contributed by atoms with Crippen molar-refractivity contribution in [3.8, 4) is 5.75 Å². The minimum Gasteiger partial charge on any atom is -0.497 e. The van der Waals surface area contributed by atoms with Crippen LogP contribution in [0.3, 0.4) is 0 Å². The summed E-state index contributed by atoms with van der Waals surface area (Å²) in [4.78, 5) is 3.52. The number of benzene rings is 1. The van der Waals surface area contributed by atoms with Gasteiger partial charge in [-0.2, -0.15) is 0 Å². The Morgan fingerprint density at radius 1 is 1.29 bits per heavy atom. The maximum absolute atomic E-state index is 14.5. The number of hydrogen-bond donors (Lipinski definition) is 1. The minimum atomic E-state index is -0.203. The summed E-state index contributed by atoms with van der Waals surface area (Å²) in [5, 5.41) is 5.39. The van der Waals surface area contributed by atoms with Gasteiger partial charge in [-0.1, -0.05) is 12.1 Å². The molecule has 0 spiro atoms. The Morgan fingerprint density at radius 3 is 2.71 bits per heavy atom. The number of nitrogens with zero attached hydrogens (tertiary/aromatic N) is 1. The van der Waals surface area contributed by atoms with Gasteiger partial charge < -0.3 is 10.1 Å². The summed E-state index contributed by atoms with van der Waals surface area (Å²) >= 11 is 1.68. The number of thiophene rings is 1. The van der Waals surface area contributed by atoms with Crippen LogP contribution in [0.25, 0.3) is 0 Å². The Hall–Kier alpha value is -1.43. The van der Waals surface area contributed by atoms with Crippen molar-refractivity contribution < 1.29 is 9.13 Å². The molecule has 0 unspecified atom stereocenters. The smallest absolute Gasteiger partial charge is 0.132 e. The van der Waals surface area contributed by atoms with Crippen molar-refractivity contribution in [3.63, 3.8) is 0 Å². The molecule has 0 radical (unpaired) electrons. The summed E-state index contributed by atoms with van der Waals surface area (Å²) in [6.07, 6.45) is 0. The van der Waals surface area contributed by atoms with Crippen molar-refractivity contribution in [1.29, 1.82) is 0 Å². The Labute approximate surface area is 128 Å². The summed E-state index contributed by atoms with van der Waals surface area (Å²) in [5.74, 6) is 0.354. The SMILES string of the molecule is COc1ccc([C@H](c2cccs2)N2CCNCC2)c(F)c1. The first kappa shape index (κ1) is 14.5. The molecule has 1 aliphatic rings. The average molecular weight is 306 g/mol. The van der Waals surface area contributed by atoms with E-state index in [0.717, 1.165) is 31.7 Å². The molecule has 1 aromatic heterocycles. The summed E-state index contributed by atoms with van der Waals surface area (Å²) < 4.78 is 19.6. The summed E-state index contributed by atoms with van der Waals surface area (Å²) in [6.45, 7) is 3.74. The first-order chi connectivity index (χ1) is 10.3. The van der Waals surface area contributed by atoms with Crippen LogP contribution in [0.5, 0.6) is 5.75 Å². The van der Waals surface area contributed by atoms with Crippen molar-refractivity contribution >= 4 is 11.3 Å². The molecule has 3 rings (SSSR count). The topological polar surface area (TPSA) is 24.5 Å². The quantitative estimate of drug-likeness (QED) is 0.940. The van der Waals surface area contributed by atoms with E-state index in [0.29, 0.717) is 5.75 Å². The highest BCUT2D eigenvalue weighted by molar-refractivity contribution is 7.10. The molecular weight excluding hydrogens is 287 g/mol. The van der Waals surface area contributed by atoms with Gasteiger partial charge in [0.25, 0.3) is 0 Å². The normalized spacial score (nSPS) is 17.6. The van der Waals surface area contributed by atoms with Gasteiger partial charge in [0.05, 0.1) is 13.2 Å². The maximum atomic E-state index is 14.5. The number of halogens is 1. The van der Waals surface area contributed by atoms with Gasteiger partial charge in [-0.05, 0) is 17.5 Å². The van der Waals surface area contributed by atoms with E-state index < -0.39 is 0 Å². The second-order valence-electron chi connectivity index (χ2n) is 5.09. The molecule has 2 heterocycles. The van der Waals surface area contributed by atoms with Crippen LogP contribution in [-0.2, 0) is 0 Å². The van der Waals surface area contributed by atoms with Crippen LogP contribution in [-0.4, -0.2) is 38.2 Å². The van der Waals surface area contributed by atoms with E-state index in [1.165, 1.54) is 10.9 Å². The van der Waals surface area contributed by atoms with Gasteiger partial charge in [0, 0.05) is 42.7 Å². The molecule has 5 heteroatoms. The number of hydrogen-bond acceptors (Lipinski definition) is 4. The van der Waals surface area contributed by atoms with Crippen LogP contribution in [0.15, 0.2) is 35.7 Å². The van der Waals surface area contributed by atoms with Crippen LogP contribution >= 0.6 is 11.3 Å². The van der Waals surface area contributed by atoms with E-state index in [1.807, 2.05) is 23.6 Å². The third-order valence-corrected chi connectivity index (χ3v) is 4.76. The largest absolute Gasteiger partial charge is 0.497 e. The van der Waals surface area contributed by atoms with Gasteiger partial charge in [-0.15, -0.1) is 11.3 Å². The van der Waals surface area contributed by atoms with E-state index in [9.17, 15) is 4.39 Å². The molecule has 1 atom stereocenters. The fraction of sp³-hybridized carbons (Fsp3) is 0.375. The Kier molecular flexibility index (Phi) is 4.53. The molecule has 1 aromatic carbocycles. The second-order valence-corrected chi connectivity index (χ2v) is 6.07. The molecule has 1 N–H and O–H groups in total. The predicted molar refractivity (Wildman–Crippen MR) is 83.6 cm³/mol. The molecule has 1 saturated heterocycles. The summed E-state index contributed by atoms with van der Waals surface area (Å²) in [7, 11) is 1.56. The van der Waals surface area contributed by atoms with Crippen molar-refractivity contribution in [1.82, 2.24) is 10.2 Å². The number of piperazine rings is 1. The number of ether oxygens (including phenoxy) is 1. The van der Waals surface area contributed by atoms with Crippen LogP contribution in [0.2, 0.25) is 0 Å². The molecular formula is C16H19FN2OS. The van der Waals surface area contributed by atoms with Gasteiger partial charge in [0.2, 0.25) is 0 Å². The van der Waals surface area contributed by atoms with Gasteiger partial charge in [0.1, 0.15) is 11.6 Å². The molecule has 0 bridgehead atoms. The van der Waals surface area contributed by atoms with Crippen molar-refractivity contribution in [3.05, 3.63) is 52.0 Å². The lowest BCUT2D eigenvalue weighted by atomic mass is 10.0. The lowest BCUT2D eigenvalue weighted by Crippen LogP contribution is -2.45. The standard InChI is InChI=1S/C16H19FN2OS/c1-20-12-4-5-13(14(17)11-12)16(15-3-2-10-21-15)19-8-6-18-7-9-19/h2-5,10-11,16,18H,6-9H2,1H3/t16-/m1/s1.